The topological polar surface area (TPSA) is 65.7 Å². The van der Waals surface area contributed by atoms with Gasteiger partial charge in [0.15, 0.2) is 0 Å². The highest BCUT2D eigenvalue weighted by molar-refractivity contribution is 4.35. The van der Waals surface area contributed by atoms with Crippen molar-refractivity contribution >= 4 is 0 Å². The molecular weight excluding hydrogens is 172 g/mol. The molecular formula is C8H20N2O3. The zero-order chi connectivity index (χ0) is 9.78. The van der Waals surface area contributed by atoms with E-state index in [0.29, 0.717) is 39.6 Å². The molecule has 80 valence electrons. The largest absolute Gasteiger partial charge is 0.379 e. The van der Waals surface area contributed by atoms with Gasteiger partial charge >= 0.3 is 0 Å². The van der Waals surface area contributed by atoms with Crippen LogP contribution in [0.1, 0.15) is 6.92 Å². The van der Waals surface area contributed by atoms with Gasteiger partial charge in [-0.25, -0.2) is 0 Å². The maximum absolute atomic E-state index is 5.21. The molecule has 0 aromatic heterocycles. The van der Waals surface area contributed by atoms with Crippen LogP contribution in [0.4, 0.5) is 0 Å². The van der Waals surface area contributed by atoms with Crippen molar-refractivity contribution in [1.29, 1.82) is 0 Å². The van der Waals surface area contributed by atoms with Crippen LogP contribution in [-0.4, -0.2) is 46.2 Å². The molecule has 13 heavy (non-hydrogen) atoms. The monoisotopic (exact) mass is 192 g/mol. The van der Waals surface area contributed by atoms with Crippen LogP contribution in [0.3, 0.4) is 0 Å². The highest BCUT2D eigenvalue weighted by Gasteiger charge is 1.89. The minimum atomic E-state index is 0.605. The van der Waals surface area contributed by atoms with Crippen LogP contribution in [-0.2, 0) is 14.2 Å². The first-order valence-electron chi connectivity index (χ1n) is 4.58. The second-order valence-electron chi connectivity index (χ2n) is 2.38. The van der Waals surface area contributed by atoms with Gasteiger partial charge in [-0.15, -0.1) is 0 Å². The number of hydrogen-bond acceptors (Lipinski definition) is 5. The molecule has 0 saturated heterocycles. The fourth-order valence-corrected chi connectivity index (χ4v) is 0.715. The summed E-state index contributed by atoms with van der Waals surface area (Å²) in [4.78, 5) is 0. The molecule has 0 heterocycles. The molecule has 0 fully saturated rings. The fraction of sp³-hybridized carbons (Fsp3) is 1.00. The number of rotatable bonds is 10. The van der Waals surface area contributed by atoms with Crippen molar-refractivity contribution in [3.63, 3.8) is 0 Å². The van der Waals surface area contributed by atoms with E-state index in [1.54, 1.807) is 0 Å². The zero-order valence-corrected chi connectivity index (χ0v) is 8.25. The number of hydrazine groups is 1. The number of ether oxygens (including phenoxy) is 3. The van der Waals surface area contributed by atoms with Gasteiger partial charge in [-0.05, 0) is 6.92 Å². The van der Waals surface area contributed by atoms with Crippen molar-refractivity contribution in [2.75, 3.05) is 46.2 Å². The molecule has 0 aliphatic heterocycles. The molecule has 0 radical (unpaired) electrons. The summed E-state index contributed by atoms with van der Waals surface area (Å²) in [6, 6.07) is 0. The van der Waals surface area contributed by atoms with Gasteiger partial charge in [0.25, 0.3) is 0 Å². The Morgan fingerprint density at radius 3 is 2.00 bits per heavy atom. The Balaban J connectivity index is 2.76. The molecule has 0 saturated carbocycles. The van der Waals surface area contributed by atoms with E-state index in [9.17, 15) is 0 Å². The van der Waals surface area contributed by atoms with Gasteiger partial charge in [0.2, 0.25) is 0 Å². The second-order valence-corrected chi connectivity index (χ2v) is 2.38. The molecule has 0 rings (SSSR count). The summed E-state index contributed by atoms with van der Waals surface area (Å²) in [7, 11) is 0. The highest BCUT2D eigenvalue weighted by Crippen LogP contribution is 1.79. The summed E-state index contributed by atoms with van der Waals surface area (Å²) in [6.07, 6.45) is 0. The van der Waals surface area contributed by atoms with Crippen LogP contribution >= 0.6 is 0 Å². The molecule has 0 atom stereocenters. The lowest BCUT2D eigenvalue weighted by atomic mass is 10.7. The summed E-state index contributed by atoms with van der Waals surface area (Å²) in [6.45, 7) is 6.48. The molecule has 0 unspecified atom stereocenters. The Bertz CT molecular complexity index is 83.5. The quantitative estimate of drug-likeness (QED) is 0.278. The van der Waals surface area contributed by atoms with Crippen LogP contribution in [0.5, 0.6) is 0 Å². The average Bonchev–Trinajstić information content (AvgIpc) is 2.16. The van der Waals surface area contributed by atoms with Crippen molar-refractivity contribution < 1.29 is 14.2 Å². The van der Waals surface area contributed by atoms with E-state index in [2.05, 4.69) is 5.43 Å². The molecule has 0 bridgehead atoms. The van der Waals surface area contributed by atoms with E-state index in [0.717, 1.165) is 6.61 Å². The molecule has 0 spiro atoms. The number of nitrogens with two attached hydrogens (primary N) is 1. The van der Waals surface area contributed by atoms with E-state index in [-0.39, 0.29) is 0 Å². The minimum Gasteiger partial charge on any atom is -0.379 e. The highest BCUT2D eigenvalue weighted by atomic mass is 16.5. The van der Waals surface area contributed by atoms with Gasteiger partial charge in [0.1, 0.15) is 0 Å². The molecule has 0 aliphatic rings. The molecule has 0 amide bonds. The summed E-state index contributed by atoms with van der Waals surface area (Å²) in [5, 5.41) is 0. The summed E-state index contributed by atoms with van der Waals surface area (Å²) < 4.78 is 15.5. The minimum absolute atomic E-state index is 0.605. The Kier molecular flexibility index (Phi) is 11.6. The first-order valence-corrected chi connectivity index (χ1v) is 4.58. The first kappa shape index (κ1) is 12.8. The Morgan fingerprint density at radius 1 is 0.923 bits per heavy atom. The first-order chi connectivity index (χ1) is 6.41. The third-order valence-electron chi connectivity index (χ3n) is 1.34. The standard InChI is InChI=1S/C8H20N2O3/c1-2-11-5-6-13-8-7-12-4-3-10-9/h10H,2-9H2,1H3. The van der Waals surface area contributed by atoms with E-state index < -0.39 is 0 Å². The van der Waals surface area contributed by atoms with E-state index >= 15 is 0 Å². The average molecular weight is 192 g/mol. The van der Waals surface area contributed by atoms with Crippen LogP contribution in [0.25, 0.3) is 0 Å². The lowest BCUT2D eigenvalue weighted by Crippen LogP contribution is -2.26. The van der Waals surface area contributed by atoms with Gasteiger partial charge in [0, 0.05) is 13.2 Å². The molecule has 0 aliphatic carbocycles. The lowest BCUT2D eigenvalue weighted by molar-refractivity contribution is 0.0176. The summed E-state index contributed by atoms with van der Waals surface area (Å²) in [5.41, 5.74) is 2.50. The van der Waals surface area contributed by atoms with Gasteiger partial charge < -0.3 is 14.2 Å². The molecule has 3 N–H and O–H groups in total. The Morgan fingerprint density at radius 2 is 1.46 bits per heavy atom. The zero-order valence-electron chi connectivity index (χ0n) is 8.25. The third-order valence-corrected chi connectivity index (χ3v) is 1.34. The normalized spacial score (nSPS) is 10.6. The molecule has 0 aromatic carbocycles. The van der Waals surface area contributed by atoms with Crippen LogP contribution in [0, 0.1) is 0 Å². The maximum Gasteiger partial charge on any atom is 0.0701 e. The van der Waals surface area contributed by atoms with Gasteiger partial charge in [-0.3, -0.25) is 11.3 Å². The van der Waals surface area contributed by atoms with Crippen molar-refractivity contribution in [1.82, 2.24) is 5.43 Å². The predicted octanol–water partition coefficient (Wildman–Crippen LogP) is -0.481. The van der Waals surface area contributed by atoms with Crippen molar-refractivity contribution in [3.05, 3.63) is 0 Å². The summed E-state index contributed by atoms with van der Waals surface area (Å²) in [5.74, 6) is 5.05. The van der Waals surface area contributed by atoms with Crippen LogP contribution < -0.4 is 11.3 Å². The van der Waals surface area contributed by atoms with Crippen LogP contribution in [0.15, 0.2) is 0 Å². The van der Waals surface area contributed by atoms with Gasteiger partial charge in [-0.2, -0.15) is 0 Å². The van der Waals surface area contributed by atoms with Crippen molar-refractivity contribution in [2.24, 2.45) is 5.84 Å². The van der Waals surface area contributed by atoms with E-state index in [1.807, 2.05) is 6.92 Å². The van der Waals surface area contributed by atoms with E-state index in [4.69, 9.17) is 20.1 Å². The maximum atomic E-state index is 5.21. The van der Waals surface area contributed by atoms with Crippen molar-refractivity contribution in [3.8, 4) is 0 Å². The second kappa shape index (κ2) is 11.8. The molecule has 0 aromatic rings. The van der Waals surface area contributed by atoms with E-state index in [1.165, 1.54) is 0 Å². The van der Waals surface area contributed by atoms with Gasteiger partial charge in [0.05, 0.1) is 33.0 Å². The van der Waals surface area contributed by atoms with Crippen LogP contribution in [0.2, 0.25) is 0 Å². The lowest BCUT2D eigenvalue weighted by Gasteiger charge is -2.05. The molecule has 5 nitrogen and oxygen atoms in total. The fourth-order valence-electron chi connectivity index (χ4n) is 0.715. The number of nitrogens with one attached hydrogen (secondary N) is 1. The predicted molar refractivity (Wildman–Crippen MR) is 50.3 cm³/mol. The summed E-state index contributed by atoms with van der Waals surface area (Å²) >= 11 is 0. The SMILES string of the molecule is CCOCCOCCOCCNN. The molecule has 5 heteroatoms. The Labute approximate surface area is 79.5 Å². The Hall–Kier alpha value is -0.200. The number of hydrogen-bond donors (Lipinski definition) is 2. The third kappa shape index (κ3) is 11.8. The van der Waals surface area contributed by atoms with Gasteiger partial charge in [-0.1, -0.05) is 0 Å². The van der Waals surface area contributed by atoms with Crippen molar-refractivity contribution in [2.45, 2.75) is 6.92 Å². The smallest absolute Gasteiger partial charge is 0.0701 e.